The molecule has 2 aliphatic rings. The molecule has 2 aliphatic heterocycles. The summed E-state index contributed by atoms with van der Waals surface area (Å²) in [6.45, 7) is 0.399. The van der Waals surface area contributed by atoms with E-state index in [0.717, 1.165) is 0 Å². The molecule has 2 amide bonds. The minimum atomic E-state index is -0.745. The van der Waals surface area contributed by atoms with E-state index in [1.54, 1.807) is 17.0 Å². The summed E-state index contributed by atoms with van der Waals surface area (Å²) in [4.78, 5) is 27.0. The first-order valence-corrected chi connectivity index (χ1v) is 5.01. The SMILES string of the molecule is NC(=O)[C@@H]1C[C@@]2(CN1)C(=O)Nc1nccn12. The van der Waals surface area contributed by atoms with Crippen molar-refractivity contribution in [3.63, 3.8) is 0 Å². The molecule has 2 atom stereocenters. The topological polar surface area (TPSA) is 102 Å². The molecule has 3 rings (SSSR count). The van der Waals surface area contributed by atoms with Crippen LogP contribution in [-0.2, 0) is 15.1 Å². The van der Waals surface area contributed by atoms with Gasteiger partial charge in [0.2, 0.25) is 11.9 Å². The van der Waals surface area contributed by atoms with Gasteiger partial charge in [-0.2, -0.15) is 0 Å². The number of imidazole rings is 1. The van der Waals surface area contributed by atoms with Crippen molar-refractivity contribution in [3.8, 4) is 0 Å². The first kappa shape index (κ1) is 9.34. The lowest BCUT2D eigenvalue weighted by Gasteiger charge is -2.21. The molecule has 0 radical (unpaired) electrons. The van der Waals surface area contributed by atoms with E-state index in [0.29, 0.717) is 18.9 Å². The molecule has 0 aromatic carbocycles. The molecule has 7 heteroatoms. The molecule has 1 aromatic rings. The van der Waals surface area contributed by atoms with Gasteiger partial charge >= 0.3 is 0 Å². The van der Waals surface area contributed by atoms with E-state index in [-0.39, 0.29) is 5.91 Å². The Labute approximate surface area is 91.0 Å². The van der Waals surface area contributed by atoms with Crippen molar-refractivity contribution < 1.29 is 9.59 Å². The Kier molecular flexibility index (Phi) is 1.65. The van der Waals surface area contributed by atoms with Crippen LogP contribution in [-0.4, -0.2) is 34.0 Å². The molecule has 0 saturated carbocycles. The van der Waals surface area contributed by atoms with Crippen LogP contribution in [0.1, 0.15) is 6.42 Å². The first-order valence-electron chi connectivity index (χ1n) is 5.01. The fourth-order valence-corrected chi connectivity index (χ4v) is 2.40. The predicted octanol–water partition coefficient (Wildman–Crippen LogP) is -1.62. The number of hydrogen-bond acceptors (Lipinski definition) is 4. The number of carbonyl (C=O) groups excluding carboxylic acids is 2. The minimum Gasteiger partial charge on any atom is -0.368 e. The van der Waals surface area contributed by atoms with Crippen molar-refractivity contribution >= 4 is 17.8 Å². The molecule has 1 saturated heterocycles. The maximum Gasteiger partial charge on any atom is 0.254 e. The molecular formula is C9H11N5O2. The normalized spacial score (nSPS) is 31.8. The Hall–Kier alpha value is -1.89. The van der Waals surface area contributed by atoms with Gasteiger partial charge in [-0.25, -0.2) is 4.98 Å². The van der Waals surface area contributed by atoms with Crippen LogP contribution < -0.4 is 16.4 Å². The molecule has 7 nitrogen and oxygen atoms in total. The maximum absolute atomic E-state index is 11.9. The Morgan fingerprint density at radius 1 is 1.69 bits per heavy atom. The predicted molar refractivity (Wildman–Crippen MR) is 54.4 cm³/mol. The maximum atomic E-state index is 11.9. The third-order valence-corrected chi connectivity index (χ3v) is 3.28. The fraction of sp³-hybridized carbons (Fsp3) is 0.444. The Morgan fingerprint density at radius 3 is 3.19 bits per heavy atom. The highest BCUT2D eigenvalue weighted by Crippen LogP contribution is 2.36. The van der Waals surface area contributed by atoms with Crippen LogP contribution in [0.3, 0.4) is 0 Å². The van der Waals surface area contributed by atoms with Crippen LogP contribution in [0, 0.1) is 0 Å². The first-order chi connectivity index (χ1) is 7.63. The van der Waals surface area contributed by atoms with E-state index in [4.69, 9.17) is 5.73 Å². The van der Waals surface area contributed by atoms with Gasteiger partial charge < -0.3 is 15.6 Å². The largest absolute Gasteiger partial charge is 0.368 e. The van der Waals surface area contributed by atoms with Gasteiger partial charge in [0.1, 0.15) is 5.54 Å². The van der Waals surface area contributed by atoms with E-state index < -0.39 is 17.5 Å². The number of hydrogen-bond donors (Lipinski definition) is 3. The average molecular weight is 221 g/mol. The Morgan fingerprint density at radius 2 is 2.50 bits per heavy atom. The van der Waals surface area contributed by atoms with Crippen molar-refractivity contribution in [2.45, 2.75) is 18.0 Å². The zero-order chi connectivity index (χ0) is 11.3. The average Bonchev–Trinajstić information content (AvgIpc) is 2.86. The molecule has 0 bridgehead atoms. The summed E-state index contributed by atoms with van der Waals surface area (Å²) in [5, 5.41) is 5.66. The minimum absolute atomic E-state index is 0.133. The zero-order valence-electron chi connectivity index (χ0n) is 8.43. The number of primary amides is 1. The van der Waals surface area contributed by atoms with Crippen LogP contribution in [0.5, 0.6) is 0 Å². The van der Waals surface area contributed by atoms with Crippen LogP contribution in [0.4, 0.5) is 5.95 Å². The third-order valence-electron chi connectivity index (χ3n) is 3.28. The van der Waals surface area contributed by atoms with Crippen molar-refractivity contribution in [2.24, 2.45) is 5.73 Å². The van der Waals surface area contributed by atoms with Gasteiger partial charge in [-0.05, 0) is 0 Å². The van der Waals surface area contributed by atoms with Crippen LogP contribution in [0.15, 0.2) is 12.4 Å². The van der Waals surface area contributed by atoms with Crippen LogP contribution >= 0.6 is 0 Å². The fourth-order valence-electron chi connectivity index (χ4n) is 2.40. The van der Waals surface area contributed by atoms with E-state index in [1.165, 1.54) is 0 Å². The van der Waals surface area contributed by atoms with Gasteiger partial charge in [-0.3, -0.25) is 14.9 Å². The highest BCUT2D eigenvalue weighted by Gasteiger charge is 2.52. The van der Waals surface area contributed by atoms with Crippen LogP contribution in [0.25, 0.3) is 0 Å². The van der Waals surface area contributed by atoms with Crippen molar-refractivity contribution in [3.05, 3.63) is 12.4 Å². The van der Waals surface area contributed by atoms with Gasteiger partial charge in [0.05, 0.1) is 6.04 Å². The molecule has 16 heavy (non-hydrogen) atoms. The number of nitrogens with two attached hydrogens (primary N) is 1. The van der Waals surface area contributed by atoms with Gasteiger partial charge in [0, 0.05) is 25.4 Å². The van der Waals surface area contributed by atoms with Gasteiger partial charge in [0.15, 0.2) is 0 Å². The molecule has 0 unspecified atom stereocenters. The standard InChI is InChI=1S/C9H11N5O2/c10-6(15)5-3-9(4-12-5)7(16)13-8-11-1-2-14(8)9/h1-2,5,12H,3-4H2,(H2,10,15)(H,11,13,16)/t5-,9+/m0/s1. The smallest absolute Gasteiger partial charge is 0.254 e. The monoisotopic (exact) mass is 221 g/mol. The zero-order valence-corrected chi connectivity index (χ0v) is 8.43. The lowest BCUT2D eigenvalue weighted by atomic mass is 9.95. The number of anilines is 1. The van der Waals surface area contributed by atoms with Crippen molar-refractivity contribution in [1.82, 2.24) is 14.9 Å². The number of amides is 2. The number of fused-ring (bicyclic) bond motifs is 2. The summed E-state index contributed by atoms with van der Waals surface area (Å²) in [7, 11) is 0. The number of aromatic nitrogens is 2. The van der Waals surface area contributed by atoms with Crippen molar-refractivity contribution in [1.29, 1.82) is 0 Å². The third kappa shape index (κ3) is 0.977. The number of carbonyl (C=O) groups is 2. The van der Waals surface area contributed by atoms with Gasteiger partial charge in [-0.15, -0.1) is 0 Å². The van der Waals surface area contributed by atoms with Gasteiger partial charge in [-0.1, -0.05) is 0 Å². The van der Waals surface area contributed by atoms with E-state index in [9.17, 15) is 9.59 Å². The molecule has 0 aliphatic carbocycles. The van der Waals surface area contributed by atoms with E-state index >= 15 is 0 Å². The Bertz CT molecular complexity index is 482. The number of rotatable bonds is 1. The second-order valence-electron chi connectivity index (χ2n) is 4.15. The van der Waals surface area contributed by atoms with E-state index in [1.807, 2.05) is 0 Å². The molecule has 1 spiro atoms. The molecule has 1 aromatic heterocycles. The summed E-state index contributed by atoms with van der Waals surface area (Å²) < 4.78 is 1.77. The lowest BCUT2D eigenvalue weighted by molar-refractivity contribution is -0.122. The molecule has 1 fully saturated rings. The molecule has 4 N–H and O–H groups in total. The summed E-state index contributed by atoms with van der Waals surface area (Å²) >= 11 is 0. The molecule has 84 valence electrons. The second-order valence-corrected chi connectivity index (χ2v) is 4.15. The number of nitrogens with zero attached hydrogens (tertiary/aromatic N) is 2. The highest BCUT2D eigenvalue weighted by atomic mass is 16.2. The summed E-state index contributed by atoms with van der Waals surface area (Å²) in [5.74, 6) is -0.0398. The van der Waals surface area contributed by atoms with E-state index in [2.05, 4.69) is 15.6 Å². The lowest BCUT2D eigenvalue weighted by Crippen LogP contribution is -2.40. The van der Waals surface area contributed by atoms with Crippen molar-refractivity contribution in [2.75, 3.05) is 11.9 Å². The second kappa shape index (κ2) is 2.82. The summed E-state index contributed by atoms with van der Waals surface area (Å²) in [5.41, 5.74) is 4.49. The highest BCUT2D eigenvalue weighted by molar-refractivity contribution is 6.00. The molecule has 3 heterocycles. The molecular weight excluding hydrogens is 210 g/mol. The Balaban J connectivity index is 2.01. The van der Waals surface area contributed by atoms with Gasteiger partial charge in [0.25, 0.3) is 5.91 Å². The quantitative estimate of drug-likeness (QED) is 0.530. The van der Waals surface area contributed by atoms with Crippen LogP contribution in [0.2, 0.25) is 0 Å². The summed E-state index contributed by atoms with van der Waals surface area (Å²) in [6, 6.07) is -0.459. The number of nitrogens with one attached hydrogen (secondary N) is 2. The summed E-state index contributed by atoms with van der Waals surface area (Å²) in [6.07, 6.45) is 3.73.